The maximum absolute atomic E-state index is 15.3. The van der Waals surface area contributed by atoms with Crippen LogP contribution in [0.3, 0.4) is 0 Å². The number of rotatable bonds is 38. The van der Waals surface area contributed by atoms with Gasteiger partial charge in [-0.2, -0.15) is 11.8 Å². The van der Waals surface area contributed by atoms with Crippen molar-refractivity contribution in [2.75, 3.05) is 104 Å². The third-order valence-corrected chi connectivity index (χ3v) is 14.8. The van der Waals surface area contributed by atoms with Crippen LogP contribution in [0.4, 0.5) is 13.6 Å². The summed E-state index contributed by atoms with van der Waals surface area (Å²) in [6, 6.07) is 15.3. The Morgan fingerprint density at radius 3 is 1.94 bits per heavy atom. The molecule has 0 fully saturated rings. The molecule has 0 bridgehead atoms. The molecule has 1 aliphatic heterocycles. The average Bonchev–Trinajstić information content (AvgIpc) is 3.93. The van der Waals surface area contributed by atoms with E-state index < -0.39 is 37.3 Å². The van der Waals surface area contributed by atoms with Crippen LogP contribution >= 0.6 is 11.8 Å². The number of hydrogen-bond acceptors (Lipinski definition) is 12. The molecule has 1 atom stereocenters. The normalized spacial score (nSPS) is 13.0. The molecule has 0 aliphatic carbocycles. The Morgan fingerprint density at radius 1 is 0.714 bits per heavy atom. The minimum atomic E-state index is -1.40. The number of amides is 6. The maximum Gasteiger partial charge on any atom is 0.407 e. The van der Waals surface area contributed by atoms with Crippen LogP contribution < -0.4 is 16.0 Å². The van der Waals surface area contributed by atoms with E-state index in [0.29, 0.717) is 123 Å². The molecular formula is C56H82F2N6O11SSi. The van der Waals surface area contributed by atoms with Crippen molar-refractivity contribution in [1.29, 1.82) is 0 Å². The van der Waals surface area contributed by atoms with E-state index in [1.807, 2.05) is 66.6 Å². The van der Waals surface area contributed by atoms with Gasteiger partial charge in [0.25, 0.3) is 11.8 Å². The summed E-state index contributed by atoms with van der Waals surface area (Å²) >= 11 is 1.35. The van der Waals surface area contributed by atoms with Crippen LogP contribution in [-0.2, 0) is 54.2 Å². The molecular weight excluding hydrogens is 1030 g/mol. The zero-order chi connectivity index (χ0) is 56.1. The van der Waals surface area contributed by atoms with E-state index in [4.69, 9.17) is 23.7 Å². The van der Waals surface area contributed by atoms with Crippen molar-refractivity contribution in [3.05, 3.63) is 95.8 Å². The first kappa shape index (κ1) is 64.1. The van der Waals surface area contributed by atoms with E-state index in [0.717, 1.165) is 35.9 Å². The van der Waals surface area contributed by atoms with Gasteiger partial charge in [-0.1, -0.05) is 77.2 Å². The fraction of sp³-hybridized carbons (Fsp3) is 0.571. The molecule has 1 aromatic heterocycles. The van der Waals surface area contributed by atoms with Crippen molar-refractivity contribution >= 4 is 55.5 Å². The molecule has 0 saturated carbocycles. The first-order chi connectivity index (χ1) is 36.8. The first-order valence-electron chi connectivity index (χ1n) is 26.7. The minimum absolute atomic E-state index is 0.0736. The second-order valence-corrected chi connectivity index (χ2v) is 27.6. The molecule has 0 radical (unpaired) electrons. The van der Waals surface area contributed by atoms with Crippen molar-refractivity contribution in [2.45, 2.75) is 97.6 Å². The number of aromatic nitrogens is 1. The number of nitrogens with one attached hydrogen (secondary N) is 3. The van der Waals surface area contributed by atoms with Gasteiger partial charge in [0.1, 0.15) is 11.6 Å². The Hall–Kier alpha value is -5.45. The lowest BCUT2D eigenvalue weighted by atomic mass is 9.83. The van der Waals surface area contributed by atoms with Crippen LogP contribution in [0.5, 0.6) is 0 Å². The Morgan fingerprint density at radius 2 is 1.32 bits per heavy atom. The average molecular weight is 1110 g/mol. The molecule has 2 aromatic carbocycles. The lowest BCUT2D eigenvalue weighted by molar-refractivity contribution is -0.137. The third kappa shape index (κ3) is 25.3. The van der Waals surface area contributed by atoms with E-state index in [9.17, 15) is 33.2 Å². The van der Waals surface area contributed by atoms with Gasteiger partial charge in [0.15, 0.2) is 0 Å². The predicted molar refractivity (Wildman–Crippen MR) is 297 cm³/mol. The smallest absolute Gasteiger partial charge is 0.407 e. The van der Waals surface area contributed by atoms with E-state index in [-0.39, 0.29) is 60.4 Å². The summed E-state index contributed by atoms with van der Waals surface area (Å²) in [5, 5.41) is 8.49. The lowest BCUT2D eigenvalue weighted by Gasteiger charge is -2.41. The molecule has 426 valence electrons. The van der Waals surface area contributed by atoms with Gasteiger partial charge < -0.3 is 49.1 Å². The number of benzene rings is 2. The van der Waals surface area contributed by atoms with Gasteiger partial charge in [0, 0.05) is 101 Å². The van der Waals surface area contributed by atoms with Crippen molar-refractivity contribution < 1.29 is 61.2 Å². The molecule has 6 amide bonds. The highest BCUT2D eigenvalue weighted by Gasteiger charge is 2.37. The molecule has 3 N–H and O–H groups in total. The number of alkyl carbamates (subject to hydrolysis) is 1. The van der Waals surface area contributed by atoms with E-state index >= 15 is 4.39 Å². The molecule has 21 heteroatoms. The van der Waals surface area contributed by atoms with Gasteiger partial charge in [-0.25, -0.2) is 13.6 Å². The van der Waals surface area contributed by atoms with Crippen molar-refractivity contribution in [3.8, 4) is 11.1 Å². The molecule has 1 aliphatic rings. The Balaban J connectivity index is 1.15. The van der Waals surface area contributed by atoms with E-state index in [2.05, 4.69) is 35.6 Å². The number of hydrogen-bond donors (Lipinski definition) is 3. The minimum Gasteiger partial charge on any atom is -0.450 e. The molecule has 0 saturated heterocycles. The SMILES string of the molecule is CC(C)(C)[C@H](c1cc(-c2cc(F)ccc2F)cn1Cc1ccccc1)N(CCCNC(=O)OCC[Si](C)(C)C)C(=O)CSCCC(=O)NCCOCCOCCOCCOCCNC(=O)CCCCCN1C(=O)C=CC1=O. The summed E-state index contributed by atoms with van der Waals surface area (Å²) in [4.78, 5) is 78.0. The molecule has 17 nitrogen and oxygen atoms in total. The van der Waals surface area contributed by atoms with Gasteiger partial charge in [-0.3, -0.25) is 28.9 Å². The Kier molecular flexibility index (Phi) is 28.7. The molecule has 0 spiro atoms. The van der Waals surface area contributed by atoms with Crippen molar-refractivity contribution in [1.82, 2.24) is 30.3 Å². The molecule has 2 heterocycles. The molecule has 77 heavy (non-hydrogen) atoms. The molecule has 4 rings (SSSR count). The summed E-state index contributed by atoms with van der Waals surface area (Å²) in [5.41, 5.74) is 1.76. The van der Waals surface area contributed by atoms with Crippen LogP contribution in [0, 0.1) is 17.0 Å². The highest BCUT2D eigenvalue weighted by atomic mass is 32.2. The fourth-order valence-corrected chi connectivity index (χ4v) is 9.73. The van der Waals surface area contributed by atoms with E-state index in [1.54, 1.807) is 6.20 Å². The Labute approximate surface area is 458 Å². The number of ether oxygens (including phenoxy) is 5. The van der Waals surface area contributed by atoms with Crippen molar-refractivity contribution in [2.24, 2.45) is 5.41 Å². The van der Waals surface area contributed by atoms with Gasteiger partial charge >= 0.3 is 6.09 Å². The first-order valence-corrected chi connectivity index (χ1v) is 31.5. The fourth-order valence-electron chi connectivity index (χ4n) is 8.21. The molecule has 3 aromatic rings. The third-order valence-electron chi connectivity index (χ3n) is 12.2. The number of imide groups is 1. The van der Waals surface area contributed by atoms with Crippen LogP contribution in [0.25, 0.3) is 11.1 Å². The predicted octanol–water partition coefficient (Wildman–Crippen LogP) is 7.76. The monoisotopic (exact) mass is 1110 g/mol. The second-order valence-electron chi connectivity index (χ2n) is 20.9. The van der Waals surface area contributed by atoms with Crippen molar-refractivity contribution in [3.63, 3.8) is 0 Å². The van der Waals surface area contributed by atoms with Gasteiger partial charge in [0.05, 0.1) is 71.3 Å². The van der Waals surface area contributed by atoms with Crippen LogP contribution in [0.15, 0.2) is 72.9 Å². The quantitative estimate of drug-likeness (QED) is 0.0287. The summed E-state index contributed by atoms with van der Waals surface area (Å²) < 4.78 is 59.5. The zero-order valence-electron chi connectivity index (χ0n) is 46.0. The zero-order valence-corrected chi connectivity index (χ0v) is 47.8. The number of thioether (sulfide) groups is 1. The lowest BCUT2D eigenvalue weighted by Crippen LogP contribution is -2.44. The molecule has 0 unspecified atom stereocenters. The summed E-state index contributed by atoms with van der Waals surface area (Å²) in [6.07, 6.45) is 6.87. The van der Waals surface area contributed by atoms with Gasteiger partial charge in [-0.05, 0) is 60.6 Å². The number of halogens is 2. The van der Waals surface area contributed by atoms with Crippen LogP contribution in [0.2, 0.25) is 25.7 Å². The summed E-state index contributed by atoms with van der Waals surface area (Å²) in [6.45, 7) is 17.9. The maximum atomic E-state index is 15.3. The standard InChI is InChI=1S/C56H82F2N6O11SSi/c1-56(2,3)54(48-38-44(46-39-45(57)17-18-47(46)58)41-62(48)40-43-14-9-7-10-15-43)64(26-13-22-61-55(70)75-35-37-77(4,5)6)53(69)42-76-36-21-50(66)60-24-28-72-30-32-74-34-33-73-31-29-71-27-23-59-49(65)16-11-8-12-25-63-51(67)19-20-52(63)68/h7,9-10,14-15,17-20,38-39,41,54H,8,11-13,16,21-37,40,42H2,1-6H3,(H,59,65)(H,60,66)(H,61,70)/t54-/m0/s1. The highest BCUT2D eigenvalue weighted by molar-refractivity contribution is 7.99. The van der Waals surface area contributed by atoms with E-state index in [1.165, 1.54) is 34.9 Å². The van der Waals surface area contributed by atoms with Crippen LogP contribution in [0.1, 0.15) is 76.6 Å². The largest absolute Gasteiger partial charge is 0.450 e. The second kappa shape index (κ2) is 34.4. The van der Waals surface area contributed by atoms with Gasteiger partial charge in [0.2, 0.25) is 17.7 Å². The highest BCUT2D eigenvalue weighted by Crippen LogP contribution is 2.41. The Bertz CT molecular complexity index is 2330. The van der Waals surface area contributed by atoms with Crippen LogP contribution in [-0.4, -0.2) is 162 Å². The topological polar surface area (TPSA) is 196 Å². The number of carbonyl (C=O) groups excluding carboxylic acids is 6. The number of nitrogens with zero attached hydrogens (tertiary/aromatic N) is 3. The summed E-state index contributed by atoms with van der Waals surface area (Å²) in [5.74, 6) is -1.65. The van der Waals surface area contributed by atoms with Gasteiger partial charge in [-0.15, -0.1) is 0 Å². The number of carbonyl (C=O) groups is 6. The summed E-state index contributed by atoms with van der Waals surface area (Å²) in [7, 11) is -1.40. The number of unbranched alkanes of at least 4 members (excludes halogenated alkanes) is 2.